The Balaban J connectivity index is 2.31. The van der Waals surface area contributed by atoms with Crippen molar-refractivity contribution >= 4 is 17.5 Å². The zero-order valence-electron chi connectivity index (χ0n) is 8.16. The molecule has 0 bridgehead atoms. The van der Waals surface area contributed by atoms with E-state index in [2.05, 4.69) is 20.3 Å². The van der Waals surface area contributed by atoms with Gasteiger partial charge in [-0.05, 0) is 12.1 Å². The van der Waals surface area contributed by atoms with Crippen molar-refractivity contribution in [1.82, 2.24) is 15.0 Å². The quantitative estimate of drug-likeness (QED) is 0.804. The molecular weight excluding hydrogens is 208 g/mol. The number of nitrogens with zero attached hydrogens (tertiary/aromatic N) is 3. The lowest BCUT2D eigenvalue weighted by molar-refractivity contribution is 0.0691. The molecule has 0 saturated heterocycles. The van der Waals surface area contributed by atoms with E-state index in [0.29, 0.717) is 5.69 Å². The van der Waals surface area contributed by atoms with Crippen molar-refractivity contribution in [1.29, 1.82) is 0 Å². The first-order chi connectivity index (χ1) is 7.77. The third-order valence-corrected chi connectivity index (χ3v) is 1.83. The number of pyridine rings is 1. The van der Waals surface area contributed by atoms with Gasteiger partial charge in [-0.3, -0.25) is 4.98 Å². The topological polar surface area (TPSA) is 88.0 Å². The van der Waals surface area contributed by atoms with E-state index in [0.717, 1.165) is 0 Å². The number of carbonyl (C=O) groups is 1. The van der Waals surface area contributed by atoms with Gasteiger partial charge >= 0.3 is 5.97 Å². The molecule has 0 radical (unpaired) electrons. The smallest absolute Gasteiger partial charge is 0.358 e. The Morgan fingerprint density at radius 2 is 2.06 bits per heavy atom. The molecule has 2 aromatic heterocycles. The molecule has 6 nitrogen and oxygen atoms in total. The fourth-order valence-corrected chi connectivity index (χ4v) is 1.16. The van der Waals surface area contributed by atoms with E-state index in [1.807, 2.05) is 0 Å². The highest BCUT2D eigenvalue weighted by Gasteiger charge is 2.12. The minimum atomic E-state index is -1.13. The SMILES string of the molecule is O=C(O)c1nccnc1Nc1cccnc1. The number of hydrogen-bond acceptors (Lipinski definition) is 5. The Morgan fingerprint density at radius 1 is 1.25 bits per heavy atom. The first-order valence-electron chi connectivity index (χ1n) is 4.49. The lowest BCUT2D eigenvalue weighted by atomic mass is 10.3. The van der Waals surface area contributed by atoms with Crippen molar-refractivity contribution in [2.24, 2.45) is 0 Å². The molecule has 2 aromatic rings. The summed E-state index contributed by atoms with van der Waals surface area (Å²) < 4.78 is 0. The molecule has 80 valence electrons. The van der Waals surface area contributed by atoms with Crippen molar-refractivity contribution in [3.05, 3.63) is 42.6 Å². The van der Waals surface area contributed by atoms with Gasteiger partial charge in [-0.25, -0.2) is 14.8 Å². The number of carboxylic acid groups (broad SMARTS) is 1. The summed E-state index contributed by atoms with van der Waals surface area (Å²) in [4.78, 5) is 22.4. The minimum absolute atomic E-state index is 0.119. The van der Waals surface area contributed by atoms with E-state index >= 15 is 0 Å². The molecule has 0 aromatic carbocycles. The van der Waals surface area contributed by atoms with E-state index in [1.165, 1.54) is 12.4 Å². The van der Waals surface area contributed by atoms with Crippen LogP contribution in [0.15, 0.2) is 36.9 Å². The summed E-state index contributed by atoms with van der Waals surface area (Å²) in [6.45, 7) is 0. The number of aromatic nitrogens is 3. The van der Waals surface area contributed by atoms with Gasteiger partial charge in [0.1, 0.15) is 0 Å². The normalized spacial score (nSPS) is 9.75. The fourth-order valence-electron chi connectivity index (χ4n) is 1.16. The first kappa shape index (κ1) is 10.0. The molecule has 0 amide bonds. The van der Waals surface area contributed by atoms with Crippen LogP contribution in [-0.2, 0) is 0 Å². The van der Waals surface area contributed by atoms with Crippen LogP contribution in [0.4, 0.5) is 11.5 Å². The van der Waals surface area contributed by atoms with Gasteiger partial charge in [0.2, 0.25) is 0 Å². The molecule has 0 aliphatic carbocycles. The largest absolute Gasteiger partial charge is 0.476 e. The summed E-state index contributed by atoms with van der Waals surface area (Å²) in [5, 5.41) is 11.7. The minimum Gasteiger partial charge on any atom is -0.476 e. The third-order valence-electron chi connectivity index (χ3n) is 1.83. The zero-order valence-corrected chi connectivity index (χ0v) is 8.16. The average molecular weight is 216 g/mol. The Hall–Kier alpha value is -2.50. The van der Waals surface area contributed by atoms with Gasteiger partial charge in [0.15, 0.2) is 11.5 Å². The van der Waals surface area contributed by atoms with E-state index in [-0.39, 0.29) is 11.5 Å². The molecule has 0 saturated carbocycles. The van der Waals surface area contributed by atoms with Gasteiger partial charge in [-0.15, -0.1) is 0 Å². The average Bonchev–Trinajstić information content (AvgIpc) is 2.31. The number of aromatic carboxylic acids is 1. The highest BCUT2D eigenvalue weighted by atomic mass is 16.4. The summed E-state index contributed by atoms with van der Waals surface area (Å²) >= 11 is 0. The van der Waals surface area contributed by atoms with Crippen LogP contribution in [0.3, 0.4) is 0 Å². The van der Waals surface area contributed by atoms with Crippen LogP contribution in [-0.4, -0.2) is 26.0 Å². The van der Waals surface area contributed by atoms with Gasteiger partial charge in [0, 0.05) is 18.6 Å². The molecule has 2 heterocycles. The predicted octanol–water partition coefficient (Wildman–Crippen LogP) is 1.31. The summed E-state index contributed by atoms with van der Waals surface area (Å²) in [6.07, 6.45) is 5.95. The summed E-state index contributed by atoms with van der Waals surface area (Å²) in [6, 6.07) is 3.49. The van der Waals surface area contributed by atoms with E-state index in [1.54, 1.807) is 24.5 Å². The molecule has 2 N–H and O–H groups in total. The Kier molecular flexibility index (Phi) is 2.73. The second-order valence-corrected chi connectivity index (χ2v) is 2.93. The van der Waals surface area contributed by atoms with E-state index in [4.69, 9.17) is 5.11 Å². The molecule has 6 heteroatoms. The second kappa shape index (κ2) is 4.35. The van der Waals surface area contributed by atoms with Gasteiger partial charge in [0.25, 0.3) is 0 Å². The molecule has 0 atom stereocenters. The highest BCUT2D eigenvalue weighted by Crippen LogP contribution is 2.15. The third kappa shape index (κ3) is 2.11. The zero-order chi connectivity index (χ0) is 11.4. The monoisotopic (exact) mass is 216 g/mol. The van der Waals surface area contributed by atoms with E-state index < -0.39 is 5.97 Å². The maximum Gasteiger partial charge on any atom is 0.358 e. The number of rotatable bonds is 3. The first-order valence-corrected chi connectivity index (χ1v) is 4.49. The summed E-state index contributed by atoms with van der Waals surface area (Å²) in [5.74, 6) is -0.928. The Labute approximate surface area is 91.0 Å². The molecule has 0 spiro atoms. The molecule has 0 fully saturated rings. The standard InChI is InChI=1S/C10H8N4O2/c15-10(16)8-9(13-5-4-12-8)14-7-2-1-3-11-6-7/h1-6H,(H,13,14)(H,15,16). The van der Waals surface area contributed by atoms with Gasteiger partial charge in [0.05, 0.1) is 11.9 Å². The van der Waals surface area contributed by atoms with Crippen LogP contribution in [0, 0.1) is 0 Å². The highest BCUT2D eigenvalue weighted by molar-refractivity contribution is 5.91. The van der Waals surface area contributed by atoms with Crippen molar-refractivity contribution in [2.75, 3.05) is 5.32 Å². The maximum absolute atomic E-state index is 10.9. The predicted molar refractivity (Wildman–Crippen MR) is 56.5 cm³/mol. The Morgan fingerprint density at radius 3 is 2.75 bits per heavy atom. The molecule has 0 aliphatic heterocycles. The van der Waals surface area contributed by atoms with Crippen LogP contribution >= 0.6 is 0 Å². The number of anilines is 2. The Bertz CT molecular complexity index is 501. The molecule has 0 unspecified atom stereocenters. The van der Waals surface area contributed by atoms with Crippen LogP contribution in [0.2, 0.25) is 0 Å². The second-order valence-electron chi connectivity index (χ2n) is 2.93. The van der Waals surface area contributed by atoms with Crippen LogP contribution < -0.4 is 5.32 Å². The van der Waals surface area contributed by atoms with Crippen molar-refractivity contribution in [3.8, 4) is 0 Å². The lowest BCUT2D eigenvalue weighted by Gasteiger charge is -2.06. The number of carboxylic acids is 1. The van der Waals surface area contributed by atoms with Crippen LogP contribution in [0.5, 0.6) is 0 Å². The number of nitrogens with one attached hydrogen (secondary N) is 1. The van der Waals surface area contributed by atoms with E-state index in [9.17, 15) is 4.79 Å². The van der Waals surface area contributed by atoms with Gasteiger partial charge in [-0.1, -0.05) is 0 Å². The van der Waals surface area contributed by atoms with Crippen molar-refractivity contribution in [3.63, 3.8) is 0 Å². The van der Waals surface area contributed by atoms with Crippen molar-refractivity contribution in [2.45, 2.75) is 0 Å². The van der Waals surface area contributed by atoms with Crippen molar-refractivity contribution < 1.29 is 9.90 Å². The van der Waals surface area contributed by atoms with Crippen LogP contribution in [0.25, 0.3) is 0 Å². The maximum atomic E-state index is 10.9. The molecule has 16 heavy (non-hydrogen) atoms. The fraction of sp³-hybridized carbons (Fsp3) is 0. The number of hydrogen-bond donors (Lipinski definition) is 2. The van der Waals surface area contributed by atoms with Gasteiger partial charge in [-0.2, -0.15) is 0 Å². The molecule has 0 aliphatic rings. The van der Waals surface area contributed by atoms with Gasteiger partial charge < -0.3 is 10.4 Å². The summed E-state index contributed by atoms with van der Waals surface area (Å²) in [5.41, 5.74) is 0.539. The van der Waals surface area contributed by atoms with Crippen LogP contribution in [0.1, 0.15) is 10.5 Å². The molecular formula is C10H8N4O2. The molecule has 2 rings (SSSR count). The summed E-state index contributed by atoms with van der Waals surface area (Å²) in [7, 11) is 0. The lowest BCUT2D eigenvalue weighted by Crippen LogP contribution is -2.07.